The van der Waals surface area contributed by atoms with Crippen molar-refractivity contribution in [3.63, 3.8) is 0 Å². The van der Waals surface area contributed by atoms with Gasteiger partial charge in [-0.3, -0.25) is 14.6 Å². The summed E-state index contributed by atoms with van der Waals surface area (Å²) in [6, 6.07) is 15.6. The van der Waals surface area contributed by atoms with E-state index in [1.165, 1.54) is 11.3 Å². The summed E-state index contributed by atoms with van der Waals surface area (Å²) >= 11 is 9.19. The van der Waals surface area contributed by atoms with Gasteiger partial charge in [0.1, 0.15) is 0 Å². The molecule has 0 bridgehead atoms. The Balaban J connectivity index is 0.00000256. The van der Waals surface area contributed by atoms with Gasteiger partial charge in [0.25, 0.3) is 0 Å². The van der Waals surface area contributed by atoms with Gasteiger partial charge >= 0.3 is 0 Å². The molecule has 1 aromatic heterocycles. The van der Waals surface area contributed by atoms with E-state index < -0.39 is 0 Å². The van der Waals surface area contributed by atoms with E-state index in [4.69, 9.17) is 21.3 Å². The van der Waals surface area contributed by atoms with Crippen LogP contribution in [0.3, 0.4) is 0 Å². The Kier molecular flexibility index (Phi) is 8.80. The van der Waals surface area contributed by atoms with Crippen LogP contribution in [0.4, 0.5) is 5.13 Å². The smallest absolute Gasteiger partial charge is 0.239 e. The molecule has 0 saturated carbocycles. The van der Waals surface area contributed by atoms with Crippen LogP contribution >= 0.6 is 47.1 Å². The number of nitrogens with zero attached hydrogens (tertiary/aromatic N) is 3. The zero-order valence-electron chi connectivity index (χ0n) is 16.3. The number of rotatable bonds is 7. The molecule has 1 aliphatic heterocycles. The molecule has 3 aromatic rings. The zero-order chi connectivity index (χ0) is 20.1. The van der Waals surface area contributed by atoms with Crippen molar-refractivity contribution in [2.75, 3.05) is 50.0 Å². The van der Waals surface area contributed by atoms with Gasteiger partial charge in [-0.25, -0.2) is 4.98 Å². The molecule has 2 aromatic carbocycles. The van der Waals surface area contributed by atoms with E-state index in [1.807, 2.05) is 53.4 Å². The van der Waals surface area contributed by atoms with Gasteiger partial charge in [0, 0.05) is 36.1 Å². The summed E-state index contributed by atoms with van der Waals surface area (Å²) in [4.78, 5) is 23.1. The van der Waals surface area contributed by atoms with Gasteiger partial charge in [0.15, 0.2) is 5.13 Å². The number of ether oxygens (including phenoxy) is 1. The number of hydrogen-bond donors (Lipinski definition) is 0. The maximum atomic E-state index is 13.1. The van der Waals surface area contributed by atoms with Crippen LogP contribution in [0.15, 0.2) is 53.4 Å². The van der Waals surface area contributed by atoms with Crippen LogP contribution in [-0.4, -0.2) is 60.9 Å². The molecule has 0 radical (unpaired) electrons. The van der Waals surface area contributed by atoms with Crippen LogP contribution in [0.25, 0.3) is 10.2 Å². The second-order valence-electron chi connectivity index (χ2n) is 6.71. The Bertz CT molecular complexity index is 965. The van der Waals surface area contributed by atoms with Crippen molar-refractivity contribution in [3.05, 3.63) is 53.6 Å². The third kappa shape index (κ3) is 6.09. The highest BCUT2D eigenvalue weighted by atomic mass is 35.5. The quantitative estimate of drug-likeness (QED) is 0.450. The van der Waals surface area contributed by atoms with Crippen molar-refractivity contribution < 1.29 is 9.53 Å². The lowest BCUT2D eigenvalue weighted by Crippen LogP contribution is -2.43. The number of thiazole rings is 1. The van der Waals surface area contributed by atoms with E-state index in [0.717, 1.165) is 53.1 Å². The molecule has 4 rings (SSSR count). The second-order valence-corrected chi connectivity index (χ2v) is 9.20. The fraction of sp³-hybridized carbons (Fsp3) is 0.333. The summed E-state index contributed by atoms with van der Waals surface area (Å²) in [5.41, 5.74) is 0.870. The van der Waals surface area contributed by atoms with Crippen molar-refractivity contribution in [3.8, 4) is 0 Å². The Morgan fingerprint density at radius 2 is 1.97 bits per heavy atom. The fourth-order valence-corrected chi connectivity index (χ4v) is 5.22. The first kappa shape index (κ1) is 23.3. The fourth-order valence-electron chi connectivity index (χ4n) is 3.13. The molecule has 1 saturated heterocycles. The van der Waals surface area contributed by atoms with Gasteiger partial charge in [-0.1, -0.05) is 41.1 Å². The lowest BCUT2D eigenvalue weighted by Gasteiger charge is -2.29. The molecule has 0 N–H and O–H groups in total. The lowest BCUT2D eigenvalue weighted by atomic mass is 10.3. The highest BCUT2D eigenvalue weighted by Crippen LogP contribution is 2.31. The summed E-state index contributed by atoms with van der Waals surface area (Å²) in [5, 5.41) is 1.41. The Labute approximate surface area is 195 Å². The van der Waals surface area contributed by atoms with Gasteiger partial charge in [0.05, 0.1) is 29.2 Å². The van der Waals surface area contributed by atoms with E-state index in [0.29, 0.717) is 17.3 Å². The number of hydrogen-bond acceptors (Lipinski definition) is 6. The number of halogens is 2. The summed E-state index contributed by atoms with van der Waals surface area (Å²) in [6.07, 6.45) is 0. The maximum absolute atomic E-state index is 13.1. The van der Waals surface area contributed by atoms with Crippen molar-refractivity contribution in [1.29, 1.82) is 0 Å². The second kappa shape index (κ2) is 11.3. The van der Waals surface area contributed by atoms with Crippen molar-refractivity contribution >= 4 is 68.4 Å². The van der Waals surface area contributed by atoms with E-state index >= 15 is 0 Å². The molecule has 0 unspecified atom stereocenters. The van der Waals surface area contributed by atoms with Gasteiger partial charge in [-0.2, -0.15) is 0 Å². The van der Waals surface area contributed by atoms with E-state index in [-0.39, 0.29) is 18.3 Å². The molecular weight excluding hydrogens is 461 g/mol. The molecule has 1 aliphatic rings. The standard InChI is InChI=1S/C21H22ClN3O2S2.ClH/c22-16-6-7-18-19(14-16)29-21(23-18)25(9-8-24-10-12-27-13-11-24)20(26)15-28-17-4-2-1-3-5-17;/h1-7,14H,8-13,15H2;1H. The van der Waals surface area contributed by atoms with Gasteiger partial charge in [0.2, 0.25) is 5.91 Å². The van der Waals surface area contributed by atoms with Crippen LogP contribution in [0.1, 0.15) is 0 Å². The SMILES string of the molecule is Cl.O=C(CSc1ccccc1)N(CCN1CCOCC1)c1nc2ccc(Cl)cc2s1. The molecule has 5 nitrogen and oxygen atoms in total. The normalized spacial score (nSPS) is 14.4. The summed E-state index contributed by atoms with van der Waals surface area (Å²) < 4.78 is 6.42. The average Bonchev–Trinajstić information content (AvgIpc) is 3.16. The number of anilines is 1. The lowest BCUT2D eigenvalue weighted by molar-refractivity contribution is -0.116. The molecule has 160 valence electrons. The highest BCUT2D eigenvalue weighted by Gasteiger charge is 2.21. The van der Waals surface area contributed by atoms with E-state index in [9.17, 15) is 4.79 Å². The predicted octanol–water partition coefficient (Wildman–Crippen LogP) is 4.83. The summed E-state index contributed by atoms with van der Waals surface area (Å²) in [6.45, 7) is 4.71. The molecule has 2 heterocycles. The first-order chi connectivity index (χ1) is 14.2. The minimum absolute atomic E-state index is 0. The van der Waals surface area contributed by atoms with Crippen LogP contribution in [-0.2, 0) is 9.53 Å². The van der Waals surface area contributed by atoms with Crippen LogP contribution < -0.4 is 4.90 Å². The highest BCUT2D eigenvalue weighted by molar-refractivity contribution is 8.00. The van der Waals surface area contributed by atoms with Crippen molar-refractivity contribution in [2.24, 2.45) is 0 Å². The van der Waals surface area contributed by atoms with Gasteiger partial charge in [-0.15, -0.1) is 24.2 Å². The van der Waals surface area contributed by atoms with Crippen LogP contribution in [0, 0.1) is 0 Å². The third-order valence-electron chi connectivity index (χ3n) is 4.72. The Morgan fingerprint density at radius 1 is 1.20 bits per heavy atom. The topological polar surface area (TPSA) is 45.7 Å². The van der Waals surface area contributed by atoms with Crippen molar-refractivity contribution in [1.82, 2.24) is 9.88 Å². The third-order valence-corrected chi connectivity index (χ3v) is 6.99. The number of carbonyl (C=O) groups excluding carboxylic acids is 1. The van der Waals surface area contributed by atoms with Crippen LogP contribution in [0.5, 0.6) is 0 Å². The Morgan fingerprint density at radius 3 is 2.73 bits per heavy atom. The van der Waals surface area contributed by atoms with Gasteiger partial charge in [-0.05, 0) is 30.3 Å². The first-order valence-electron chi connectivity index (χ1n) is 9.53. The molecule has 9 heteroatoms. The largest absolute Gasteiger partial charge is 0.379 e. The number of carbonyl (C=O) groups is 1. The maximum Gasteiger partial charge on any atom is 0.239 e. The zero-order valence-corrected chi connectivity index (χ0v) is 19.5. The van der Waals surface area contributed by atoms with Crippen LogP contribution in [0.2, 0.25) is 5.02 Å². The number of fused-ring (bicyclic) bond motifs is 1. The average molecular weight is 484 g/mol. The minimum atomic E-state index is 0. The molecule has 0 aliphatic carbocycles. The molecule has 1 fully saturated rings. The summed E-state index contributed by atoms with van der Waals surface area (Å²) in [7, 11) is 0. The Hall–Kier alpha value is -1.35. The molecular formula is C21H23Cl2N3O2S2. The van der Waals surface area contributed by atoms with Crippen molar-refractivity contribution in [2.45, 2.75) is 4.90 Å². The molecule has 0 atom stereocenters. The van der Waals surface area contributed by atoms with Gasteiger partial charge < -0.3 is 4.74 Å². The monoisotopic (exact) mass is 483 g/mol. The predicted molar refractivity (Wildman–Crippen MR) is 129 cm³/mol. The molecule has 1 amide bonds. The number of aromatic nitrogens is 1. The first-order valence-corrected chi connectivity index (χ1v) is 11.7. The summed E-state index contributed by atoms with van der Waals surface area (Å²) in [5.74, 6) is 0.446. The molecule has 30 heavy (non-hydrogen) atoms. The van der Waals surface area contributed by atoms with E-state index in [2.05, 4.69) is 4.90 Å². The minimum Gasteiger partial charge on any atom is -0.379 e. The van der Waals surface area contributed by atoms with E-state index in [1.54, 1.807) is 11.8 Å². The number of benzene rings is 2. The number of thioether (sulfide) groups is 1. The number of morpholine rings is 1. The number of amides is 1. The molecule has 0 spiro atoms.